The van der Waals surface area contributed by atoms with E-state index >= 15 is 0 Å². The molecule has 1 saturated heterocycles. The van der Waals surface area contributed by atoms with Crippen molar-refractivity contribution < 1.29 is 40.7 Å². The average Bonchev–Trinajstić information content (AvgIpc) is 3.59. The summed E-state index contributed by atoms with van der Waals surface area (Å²) in [6.07, 6.45) is 0.349. The van der Waals surface area contributed by atoms with Crippen LogP contribution in [0.25, 0.3) is 5.82 Å². The maximum atomic E-state index is 13.2. The minimum absolute atomic E-state index is 0.0827. The van der Waals surface area contributed by atoms with E-state index in [0.29, 0.717) is 24.8 Å². The molecule has 2 N–H and O–H groups in total. The van der Waals surface area contributed by atoms with Crippen LogP contribution in [-0.2, 0) is 14.8 Å². The molecule has 2 fully saturated rings. The fourth-order valence-corrected chi connectivity index (χ4v) is 7.47. The van der Waals surface area contributed by atoms with E-state index < -0.39 is 33.1 Å². The zero-order valence-corrected chi connectivity index (χ0v) is 31.9. The first-order valence-electron chi connectivity index (χ1n) is 17.4. The Morgan fingerprint density at radius 1 is 1.06 bits per heavy atom. The number of halogens is 4. The Morgan fingerprint density at radius 3 is 2.45 bits per heavy atom. The lowest BCUT2D eigenvalue weighted by Gasteiger charge is -2.33. The molecule has 0 unspecified atom stereocenters. The first-order chi connectivity index (χ1) is 24.7. The predicted molar refractivity (Wildman–Crippen MR) is 191 cm³/mol. The number of anilines is 1. The van der Waals surface area contributed by atoms with Gasteiger partial charge in [0.2, 0.25) is 5.88 Å². The Labute approximate surface area is 312 Å². The van der Waals surface area contributed by atoms with Crippen molar-refractivity contribution in [2.24, 2.45) is 11.3 Å². The van der Waals surface area contributed by atoms with Gasteiger partial charge < -0.3 is 19.7 Å². The number of rotatable bonds is 14. The number of amides is 2. The highest BCUT2D eigenvalue weighted by molar-refractivity contribution is 7.90. The normalized spacial score (nSPS) is 18.1. The number of aromatic nitrogens is 4. The summed E-state index contributed by atoms with van der Waals surface area (Å²) in [5.74, 6) is -0.129. The van der Waals surface area contributed by atoms with Gasteiger partial charge in [-0.15, -0.1) is 5.10 Å². The number of likely N-dealkylation sites (tertiary alicyclic amines) is 1. The number of carbonyl (C=O) groups excluding carboxylic acids is 2. The third-order valence-electron chi connectivity index (χ3n) is 9.31. The smallest absolute Gasteiger partial charge is 0.410 e. The monoisotopic (exact) mass is 783 g/mol. The molecule has 0 aromatic carbocycles. The van der Waals surface area contributed by atoms with E-state index in [0.717, 1.165) is 25.7 Å². The molecule has 0 radical (unpaired) electrons. The van der Waals surface area contributed by atoms with E-state index in [1.54, 1.807) is 6.07 Å². The molecule has 0 spiro atoms. The molecule has 1 saturated carbocycles. The second-order valence-electron chi connectivity index (χ2n) is 15.2. The summed E-state index contributed by atoms with van der Waals surface area (Å²) < 4.78 is 79.9. The minimum Gasteiger partial charge on any atom is -0.477 e. The predicted octanol–water partition coefficient (Wildman–Crippen LogP) is 7.16. The number of pyridine rings is 2. The third-order valence-corrected chi connectivity index (χ3v) is 10.8. The molecule has 13 nitrogen and oxygen atoms in total. The van der Waals surface area contributed by atoms with Crippen LogP contribution in [0.2, 0.25) is 5.15 Å². The van der Waals surface area contributed by atoms with Crippen LogP contribution in [0.15, 0.2) is 47.6 Å². The molecule has 2 amide bonds. The summed E-state index contributed by atoms with van der Waals surface area (Å²) in [7, 11) is -4.40. The first-order valence-corrected chi connectivity index (χ1v) is 19.3. The van der Waals surface area contributed by atoms with E-state index in [4.69, 9.17) is 21.1 Å². The average molecular weight is 784 g/mol. The van der Waals surface area contributed by atoms with Gasteiger partial charge in [0, 0.05) is 30.9 Å². The lowest BCUT2D eigenvalue weighted by molar-refractivity contribution is -0.190. The molecule has 53 heavy (non-hydrogen) atoms. The molecule has 290 valence electrons. The molecule has 1 aliphatic heterocycles. The molecule has 0 bridgehead atoms. The van der Waals surface area contributed by atoms with Gasteiger partial charge in [-0.2, -0.15) is 21.6 Å². The number of hydrogen-bond acceptors (Lipinski definition) is 10. The van der Waals surface area contributed by atoms with Crippen LogP contribution in [0.4, 0.5) is 23.8 Å². The van der Waals surface area contributed by atoms with Crippen molar-refractivity contribution in [3.8, 4) is 11.7 Å². The number of hydrogen-bond donors (Lipinski definition) is 2. The molecule has 1 aliphatic carbocycles. The van der Waals surface area contributed by atoms with Crippen LogP contribution in [0.1, 0.15) is 89.9 Å². The van der Waals surface area contributed by atoms with Gasteiger partial charge in [-0.3, -0.25) is 4.79 Å². The summed E-state index contributed by atoms with van der Waals surface area (Å²) in [5, 5.41) is 6.59. The van der Waals surface area contributed by atoms with Gasteiger partial charge in [-0.1, -0.05) is 24.1 Å². The van der Waals surface area contributed by atoms with E-state index in [-0.39, 0.29) is 64.9 Å². The number of ether oxygens (including phenoxy) is 2. The highest BCUT2D eigenvalue weighted by atomic mass is 35.5. The van der Waals surface area contributed by atoms with E-state index in [1.165, 1.54) is 41.2 Å². The van der Waals surface area contributed by atoms with E-state index in [9.17, 15) is 31.2 Å². The summed E-state index contributed by atoms with van der Waals surface area (Å²) in [5.41, 5.74) is -2.77. The quantitative estimate of drug-likeness (QED) is 0.127. The Morgan fingerprint density at radius 2 is 1.79 bits per heavy atom. The lowest BCUT2D eigenvalue weighted by atomic mass is 9.93. The van der Waals surface area contributed by atoms with Crippen LogP contribution in [0, 0.1) is 11.3 Å². The van der Waals surface area contributed by atoms with Crippen molar-refractivity contribution in [1.29, 1.82) is 0 Å². The Bertz CT molecular complexity index is 1910. The molecule has 4 heterocycles. The van der Waals surface area contributed by atoms with Gasteiger partial charge in [0.25, 0.3) is 15.9 Å². The van der Waals surface area contributed by atoms with Gasteiger partial charge in [-0.25, -0.2) is 24.2 Å². The maximum Gasteiger partial charge on any atom is 0.410 e. The van der Waals surface area contributed by atoms with Gasteiger partial charge in [0.1, 0.15) is 16.6 Å². The van der Waals surface area contributed by atoms with Crippen molar-refractivity contribution in [3.63, 3.8) is 0 Å². The highest BCUT2D eigenvalue weighted by Gasteiger charge is 2.62. The SMILES string of the molecule is CC(C)(C)OC(=O)N1C[C@@H](CCCCNc2cccc(S(=O)(=O)NC(=O)c3ccc(-n4ccc(OCCC5(C(F)(F)F)CC5)n4)nc3Cl)n2)CC1(C)C. The molecule has 1 atom stereocenters. The number of nitrogens with one attached hydrogen (secondary N) is 2. The van der Waals surface area contributed by atoms with Crippen molar-refractivity contribution >= 4 is 39.4 Å². The van der Waals surface area contributed by atoms with Crippen molar-refractivity contribution in [2.75, 3.05) is 25.0 Å². The zero-order valence-electron chi connectivity index (χ0n) is 30.3. The van der Waals surface area contributed by atoms with Crippen LogP contribution in [0.5, 0.6) is 5.88 Å². The second-order valence-corrected chi connectivity index (χ2v) is 17.2. The minimum atomic E-state index is -4.40. The third kappa shape index (κ3) is 10.1. The van der Waals surface area contributed by atoms with E-state index in [2.05, 4.69) is 20.4 Å². The van der Waals surface area contributed by atoms with Crippen LogP contribution >= 0.6 is 11.6 Å². The zero-order chi connectivity index (χ0) is 38.8. The molecular weight excluding hydrogens is 739 g/mol. The summed E-state index contributed by atoms with van der Waals surface area (Å²) in [6, 6.07) is 8.48. The summed E-state index contributed by atoms with van der Waals surface area (Å²) >= 11 is 6.25. The highest BCUT2D eigenvalue weighted by Crippen LogP contribution is 2.59. The number of unbranched alkanes of at least 4 members (excludes halogenated alkanes) is 1. The lowest BCUT2D eigenvalue weighted by Crippen LogP contribution is -2.45. The van der Waals surface area contributed by atoms with Gasteiger partial charge in [0.15, 0.2) is 10.8 Å². The van der Waals surface area contributed by atoms with Crippen LogP contribution in [-0.4, -0.2) is 82.1 Å². The molecule has 5 rings (SSSR count). The number of nitrogens with zero attached hydrogens (tertiary/aromatic N) is 5. The van der Waals surface area contributed by atoms with Gasteiger partial charge in [0.05, 0.1) is 17.6 Å². The largest absolute Gasteiger partial charge is 0.477 e. The van der Waals surface area contributed by atoms with Crippen LogP contribution < -0.4 is 14.8 Å². The molecule has 3 aromatic rings. The fourth-order valence-electron chi connectivity index (χ4n) is 6.30. The number of carbonyl (C=O) groups is 2. The fraction of sp³-hybridized carbons (Fsp3) is 0.571. The second kappa shape index (κ2) is 15.3. The van der Waals surface area contributed by atoms with E-state index in [1.807, 2.05) is 44.2 Å². The summed E-state index contributed by atoms with van der Waals surface area (Å²) in [4.78, 5) is 35.8. The topological polar surface area (TPSA) is 158 Å². The molecular formula is C35H45ClF3N7O6S. The summed E-state index contributed by atoms with van der Waals surface area (Å²) in [6.45, 7) is 10.6. The van der Waals surface area contributed by atoms with Gasteiger partial charge in [-0.05, 0) is 103 Å². The molecule has 2 aliphatic rings. The van der Waals surface area contributed by atoms with Crippen molar-refractivity contribution in [2.45, 2.75) is 102 Å². The van der Waals surface area contributed by atoms with Crippen LogP contribution in [0.3, 0.4) is 0 Å². The van der Waals surface area contributed by atoms with Crippen molar-refractivity contribution in [1.82, 2.24) is 29.4 Å². The first kappa shape index (κ1) is 40.1. The Kier molecular flexibility index (Phi) is 11.6. The molecule has 3 aromatic heterocycles. The molecule has 18 heteroatoms. The number of sulfonamides is 1. The van der Waals surface area contributed by atoms with Crippen molar-refractivity contribution in [3.05, 3.63) is 53.3 Å². The standard InChI is InChI=1S/C35H45ClF3N7O6S/c1-32(2,3)52-31(48)45-22-23(21-33(45,4)5)9-6-7-18-40-25-10-8-11-28(41-25)53(49,50)44-30(47)24-12-13-26(42-29(24)36)46-19-14-27(43-46)51-20-17-34(15-16-34)35(37,38)39/h8,10-14,19,23H,6-7,9,15-18,20-22H2,1-5H3,(H,40,41)(H,44,47)/t23-/m0/s1. The Balaban J connectivity index is 1.09. The number of alkyl halides is 3. The van der Waals surface area contributed by atoms with Gasteiger partial charge >= 0.3 is 12.3 Å². The Hall–Kier alpha value is -4.12. The maximum absolute atomic E-state index is 13.2.